The number of nitrogens with zero attached hydrogens (tertiary/aromatic N) is 2. The first-order valence-corrected chi connectivity index (χ1v) is 5.77. The van der Waals surface area contributed by atoms with Crippen molar-refractivity contribution in [2.24, 2.45) is 0 Å². The molecule has 5 nitrogen and oxygen atoms in total. The minimum Gasteiger partial charge on any atom is -0.478 e. The van der Waals surface area contributed by atoms with Crippen LogP contribution in [0.5, 0.6) is 11.6 Å². The van der Waals surface area contributed by atoms with E-state index in [9.17, 15) is 4.79 Å². The Kier molecular flexibility index (Phi) is 3.80. The van der Waals surface area contributed by atoms with Crippen LogP contribution >= 0.6 is 0 Å². The monoisotopic (exact) mass is 236 g/mol. The van der Waals surface area contributed by atoms with Crippen molar-refractivity contribution < 1.29 is 14.3 Å². The normalized spacial score (nSPS) is 15.5. The van der Waals surface area contributed by atoms with Gasteiger partial charge in [0.25, 0.3) is 5.88 Å². The number of ether oxygens (including phenoxy) is 2. The Balaban J connectivity index is 2.01. The summed E-state index contributed by atoms with van der Waals surface area (Å²) < 4.78 is 10.3. The predicted octanol–water partition coefficient (Wildman–Crippen LogP) is 2.07. The van der Waals surface area contributed by atoms with Crippen LogP contribution in [0, 0.1) is 0 Å². The summed E-state index contributed by atoms with van der Waals surface area (Å²) in [6.45, 7) is 1.53. The molecule has 1 aromatic rings. The van der Waals surface area contributed by atoms with Crippen molar-refractivity contribution in [1.82, 2.24) is 9.88 Å². The number of hydrogen-bond donors (Lipinski definition) is 0. The average Bonchev–Trinajstić information content (AvgIpc) is 2.40. The van der Waals surface area contributed by atoms with Gasteiger partial charge in [0.15, 0.2) is 5.75 Å². The highest BCUT2D eigenvalue weighted by atomic mass is 16.6. The second-order valence-corrected chi connectivity index (χ2v) is 3.93. The van der Waals surface area contributed by atoms with Crippen LogP contribution in [-0.4, -0.2) is 36.2 Å². The first kappa shape index (κ1) is 11.7. The lowest BCUT2D eigenvalue weighted by Crippen LogP contribution is -2.37. The number of aromatic nitrogens is 1. The van der Waals surface area contributed by atoms with Crippen molar-refractivity contribution in [2.45, 2.75) is 19.3 Å². The maximum atomic E-state index is 11.9. The summed E-state index contributed by atoms with van der Waals surface area (Å²) >= 11 is 0. The number of amides is 1. The van der Waals surface area contributed by atoms with Crippen LogP contribution in [-0.2, 0) is 0 Å². The van der Waals surface area contributed by atoms with Crippen molar-refractivity contribution in [3.63, 3.8) is 0 Å². The topological polar surface area (TPSA) is 51.7 Å². The minimum absolute atomic E-state index is 0.323. The molecule has 17 heavy (non-hydrogen) atoms. The summed E-state index contributed by atoms with van der Waals surface area (Å²) in [5.74, 6) is 0.698. The van der Waals surface area contributed by atoms with E-state index in [1.165, 1.54) is 13.5 Å². The van der Waals surface area contributed by atoms with Crippen LogP contribution in [0.25, 0.3) is 0 Å². The number of hydrogen-bond acceptors (Lipinski definition) is 4. The Morgan fingerprint density at radius 1 is 1.35 bits per heavy atom. The van der Waals surface area contributed by atoms with Gasteiger partial charge in [-0.3, -0.25) is 0 Å². The van der Waals surface area contributed by atoms with E-state index in [0.717, 1.165) is 25.9 Å². The lowest BCUT2D eigenvalue weighted by Gasteiger charge is -2.25. The largest absolute Gasteiger partial charge is 0.478 e. The van der Waals surface area contributed by atoms with Gasteiger partial charge in [0, 0.05) is 19.3 Å². The molecule has 1 aromatic heterocycles. The van der Waals surface area contributed by atoms with Crippen LogP contribution in [0.3, 0.4) is 0 Å². The first-order valence-electron chi connectivity index (χ1n) is 5.77. The summed E-state index contributed by atoms with van der Waals surface area (Å²) in [6, 6.07) is 3.38. The third kappa shape index (κ3) is 2.87. The van der Waals surface area contributed by atoms with Gasteiger partial charge in [0.05, 0.1) is 7.11 Å². The van der Waals surface area contributed by atoms with Crippen LogP contribution in [0.15, 0.2) is 18.3 Å². The van der Waals surface area contributed by atoms with E-state index in [2.05, 4.69) is 4.98 Å². The molecule has 1 aliphatic rings. The molecule has 1 aliphatic heterocycles. The molecule has 1 amide bonds. The smallest absolute Gasteiger partial charge is 0.415 e. The van der Waals surface area contributed by atoms with Crippen molar-refractivity contribution >= 4 is 6.09 Å². The zero-order valence-electron chi connectivity index (χ0n) is 9.89. The van der Waals surface area contributed by atoms with E-state index in [-0.39, 0.29) is 6.09 Å². The molecule has 2 heterocycles. The van der Waals surface area contributed by atoms with Gasteiger partial charge < -0.3 is 14.4 Å². The molecule has 0 N–H and O–H groups in total. The highest BCUT2D eigenvalue weighted by molar-refractivity contribution is 5.71. The van der Waals surface area contributed by atoms with Gasteiger partial charge in [-0.1, -0.05) is 0 Å². The van der Waals surface area contributed by atoms with Gasteiger partial charge in [-0.2, -0.15) is 0 Å². The van der Waals surface area contributed by atoms with Gasteiger partial charge in [-0.15, -0.1) is 0 Å². The Labute approximate surface area is 100 Å². The maximum Gasteiger partial charge on any atom is 0.415 e. The number of methoxy groups -OCH3 is 1. The fraction of sp³-hybridized carbons (Fsp3) is 0.500. The van der Waals surface area contributed by atoms with Crippen LogP contribution in [0.1, 0.15) is 19.3 Å². The van der Waals surface area contributed by atoms with E-state index >= 15 is 0 Å². The van der Waals surface area contributed by atoms with E-state index in [1.807, 2.05) is 0 Å². The standard InChI is InChI=1S/C12H16N2O3/c1-16-11-10(6-5-7-13-11)17-12(15)14-8-3-2-4-9-14/h5-7H,2-4,8-9H2,1H3. The van der Waals surface area contributed by atoms with Crippen molar-refractivity contribution in [2.75, 3.05) is 20.2 Å². The fourth-order valence-corrected chi connectivity index (χ4v) is 1.84. The number of carbonyl (C=O) groups excluding carboxylic acids is 1. The quantitative estimate of drug-likeness (QED) is 0.788. The third-order valence-electron chi connectivity index (χ3n) is 2.74. The molecule has 1 saturated heterocycles. The highest BCUT2D eigenvalue weighted by Crippen LogP contribution is 2.24. The summed E-state index contributed by atoms with van der Waals surface area (Å²) in [6.07, 6.45) is 4.53. The van der Waals surface area contributed by atoms with Gasteiger partial charge >= 0.3 is 6.09 Å². The zero-order chi connectivity index (χ0) is 12.1. The van der Waals surface area contributed by atoms with Gasteiger partial charge in [0.2, 0.25) is 0 Å². The van der Waals surface area contributed by atoms with Gasteiger partial charge in [-0.05, 0) is 31.4 Å². The number of pyridine rings is 1. The van der Waals surface area contributed by atoms with Crippen LogP contribution in [0.4, 0.5) is 4.79 Å². The first-order chi connectivity index (χ1) is 8.31. The second kappa shape index (κ2) is 5.52. The Hall–Kier alpha value is -1.78. The van der Waals surface area contributed by atoms with Crippen LogP contribution in [0.2, 0.25) is 0 Å². The lowest BCUT2D eigenvalue weighted by atomic mass is 10.1. The number of piperidine rings is 1. The van der Waals surface area contributed by atoms with E-state index < -0.39 is 0 Å². The van der Waals surface area contributed by atoms with E-state index in [0.29, 0.717) is 11.6 Å². The molecule has 0 aromatic carbocycles. The molecule has 0 bridgehead atoms. The molecular formula is C12H16N2O3. The highest BCUT2D eigenvalue weighted by Gasteiger charge is 2.19. The summed E-state index contributed by atoms with van der Waals surface area (Å²) in [7, 11) is 1.50. The predicted molar refractivity (Wildman–Crippen MR) is 62.2 cm³/mol. The van der Waals surface area contributed by atoms with Gasteiger partial charge in [0.1, 0.15) is 0 Å². The molecule has 0 radical (unpaired) electrons. The molecule has 0 spiro atoms. The molecule has 0 aliphatic carbocycles. The minimum atomic E-state index is -0.323. The van der Waals surface area contributed by atoms with E-state index in [4.69, 9.17) is 9.47 Å². The van der Waals surface area contributed by atoms with Crippen molar-refractivity contribution in [1.29, 1.82) is 0 Å². The molecule has 92 valence electrons. The second-order valence-electron chi connectivity index (χ2n) is 3.93. The summed E-state index contributed by atoms with van der Waals surface area (Å²) in [5.41, 5.74) is 0. The van der Waals surface area contributed by atoms with Crippen molar-refractivity contribution in [3.8, 4) is 11.6 Å². The maximum absolute atomic E-state index is 11.9. The zero-order valence-corrected chi connectivity index (χ0v) is 9.89. The molecule has 1 fully saturated rings. The van der Waals surface area contributed by atoms with Crippen molar-refractivity contribution in [3.05, 3.63) is 18.3 Å². The molecule has 0 unspecified atom stereocenters. The molecular weight excluding hydrogens is 220 g/mol. The SMILES string of the molecule is COc1ncccc1OC(=O)N1CCCCC1. The molecule has 5 heteroatoms. The Morgan fingerprint density at radius 3 is 2.82 bits per heavy atom. The molecule has 2 rings (SSSR count). The molecule has 0 saturated carbocycles. The Morgan fingerprint density at radius 2 is 2.12 bits per heavy atom. The lowest BCUT2D eigenvalue weighted by molar-refractivity contribution is 0.141. The fourth-order valence-electron chi connectivity index (χ4n) is 1.84. The van der Waals surface area contributed by atoms with E-state index in [1.54, 1.807) is 23.2 Å². The number of rotatable bonds is 2. The number of likely N-dealkylation sites (tertiary alicyclic amines) is 1. The van der Waals surface area contributed by atoms with Gasteiger partial charge in [-0.25, -0.2) is 9.78 Å². The number of carbonyl (C=O) groups is 1. The van der Waals surface area contributed by atoms with Crippen LogP contribution < -0.4 is 9.47 Å². The third-order valence-corrected chi connectivity index (χ3v) is 2.74. The Bertz CT molecular complexity index is 389. The molecule has 0 atom stereocenters. The summed E-state index contributed by atoms with van der Waals surface area (Å²) in [5, 5.41) is 0. The average molecular weight is 236 g/mol. The summed E-state index contributed by atoms with van der Waals surface area (Å²) in [4.78, 5) is 17.6.